The summed E-state index contributed by atoms with van der Waals surface area (Å²) in [6.45, 7) is 3.30. The van der Waals surface area contributed by atoms with E-state index in [4.69, 9.17) is 11.6 Å². The molecule has 1 unspecified atom stereocenters. The van der Waals surface area contributed by atoms with Gasteiger partial charge >= 0.3 is 6.36 Å². The zero-order valence-electron chi connectivity index (χ0n) is 18.8. The number of likely N-dealkylation sites (tertiary alicyclic amines) is 2. The van der Waals surface area contributed by atoms with Gasteiger partial charge in [-0.05, 0) is 73.8 Å². The minimum absolute atomic E-state index is 0.160. The van der Waals surface area contributed by atoms with E-state index in [-0.39, 0.29) is 22.5 Å². The van der Waals surface area contributed by atoms with Crippen LogP contribution in [0.25, 0.3) is 0 Å². The van der Waals surface area contributed by atoms with Crippen LogP contribution in [-0.2, 0) is 0 Å². The SMILES string of the molecule is O=C(c1cccc(OC(F)(F)F)c1)N1CC(N2CCC(CNC(O)c3cc(F)cc(Cl)c3)CC2)C1. The lowest BCUT2D eigenvalue weighted by molar-refractivity contribution is -0.274. The fourth-order valence-electron chi connectivity index (χ4n) is 4.51. The molecule has 0 bridgehead atoms. The molecule has 2 aliphatic heterocycles. The second-order valence-electron chi connectivity index (χ2n) is 8.93. The predicted octanol–water partition coefficient (Wildman–Crippen LogP) is 4.19. The first-order valence-electron chi connectivity index (χ1n) is 11.3. The third-order valence-corrected chi connectivity index (χ3v) is 6.65. The number of carbonyl (C=O) groups is 1. The van der Waals surface area contributed by atoms with Crippen molar-refractivity contribution < 1.29 is 32.2 Å². The number of alkyl halides is 3. The Kier molecular flexibility index (Phi) is 7.85. The van der Waals surface area contributed by atoms with Crippen molar-refractivity contribution in [2.45, 2.75) is 31.5 Å². The minimum Gasteiger partial charge on any atom is -0.406 e. The van der Waals surface area contributed by atoms with Gasteiger partial charge in [-0.2, -0.15) is 0 Å². The van der Waals surface area contributed by atoms with Crippen LogP contribution in [0, 0.1) is 11.7 Å². The fourth-order valence-corrected chi connectivity index (χ4v) is 4.74. The molecule has 0 saturated carbocycles. The van der Waals surface area contributed by atoms with Gasteiger partial charge in [-0.15, -0.1) is 13.2 Å². The average Bonchev–Trinajstić information content (AvgIpc) is 2.75. The molecule has 190 valence electrons. The highest BCUT2D eigenvalue weighted by Crippen LogP contribution is 2.27. The summed E-state index contributed by atoms with van der Waals surface area (Å²) < 4.78 is 54.7. The summed E-state index contributed by atoms with van der Waals surface area (Å²) in [6.07, 6.45) is -4.00. The number of halogens is 5. The van der Waals surface area contributed by atoms with Crippen LogP contribution in [0.15, 0.2) is 42.5 Å². The van der Waals surface area contributed by atoms with Gasteiger partial charge in [0.05, 0.1) is 0 Å². The molecule has 2 N–H and O–H groups in total. The van der Waals surface area contributed by atoms with Gasteiger partial charge in [-0.3, -0.25) is 15.0 Å². The van der Waals surface area contributed by atoms with Gasteiger partial charge in [0.15, 0.2) is 0 Å². The summed E-state index contributed by atoms with van der Waals surface area (Å²) >= 11 is 5.85. The number of aliphatic hydroxyl groups excluding tert-OH is 1. The number of carbonyl (C=O) groups excluding carboxylic acids is 1. The molecule has 6 nitrogen and oxygen atoms in total. The van der Waals surface area contributed by atoms with Crippen molar-refractivity contribution >= 4 is 17.5 Å². The van der Waals surface area contributed by atoms with E-state index in [1.807, 2.05) is 0 Å². The molecule has 2 saturated heterocycles. The number of rotatable bonds is 7. The molecule has 0 aliphatic carbocycles. The van der Waals surface area contributed by atoms with E-state index in [9.17, 15) is 27.5 Å². The Bertz CT molecular complexity index is 1020. The largest absolute Gasteiger partial charge is 0.573 e. The Labute approximate surface area is 205 Å². The van der Waals surface area contributed by atoms with Crippen LogP contribution in [0.3, 0.4) is 0 Å². The Morgan fingerprint density at radius 1 is 1.17 bits per heavy atom. The number of nitrogens with zero attached hydrogens (tertiary/aromatic N) is 2. The summed E-state index contributed by atoms with van der Waals surface area (Å²) in [5.74, 6) is -0.891. The highest BCUT2D eigenvalue weighted by atomic mass is 35.5. The third kappa shape index (κ3) is 6.84. The Morgan fingerprint density at radius 3 is 2.54 bits per heavy atom. The number of amides is 1. The lowest BCUT2D eigenvalue weighted by atomic mass is 9.93. The van der Waals surface area contributed by atoms with Crippen molar-refractivity contribution in [2.24, 2.45) is 5.92 Å². The van der Waals surface area contributed by atoms with Crippen molar-refractivity contribution in [3.8, 4) is 5.75 Å². The van der Waals surface area contributed by atoms with Crippen LogP contribution in [-0.4, -0.2) is 65.9 Å². The molecule has 2 fully saturated rings. The molecule has 1 atom stereocenters. The smallest absolute Gasteiger partial charge is 0.406 e. The van der Waals surface area contributed by atoms with Gasteiger partial charge in [-0.25, -0.2) is 4.39 Å². The summed E-state index contributed by atoms with van der Waals surface area (Å²) in [4.78, 5) is 16.6. The zero-order valence-corrected chi connectivity index (χ0v) is 19.5. The second-order valence-corrected chi connectivity index (χ2v) is 9.37. The van der Waals surface area contributed by atoms with Gasteiger partial charge in [0.2, 0.25) is 0 Å². The Hall–Kier alpha value is -2.40. The quantitative estimate of drug-likeness (QED) is 0.427. The van der Waals surface area contributed by atoms with Crippen LogP contribution in [0.5, 0.6) is 5.75 Å². The summed E-state index contributed by atoms with van der Waals surface area (Å²) in [6, 6.07) is 9.27. The van der Waals surface area contributed by atoms with Crippen molar-refractivity contribution in [1.82, 2.24) is 15.1 Å². The van der Waals surface area contributed by atoms with Gasteiger partial charge < -0.3 is 14.7 Å². The molecular weight excluding hydrogens is 490 g/mol. The number of hydrogen-bond acceptors (Lipinski definition) is 5. The van der Waals surface area contributed by atoms with Crippen LogP contribution in [0.1, 0.15) is 35.0 Å². The lowest BCUT2D eigenvalue weighted by Crippen LogP contribution is -2.62. The van der Waals surface area contributed by atoms with Crippen molar-refractivity contribution in [1.29, 1.82) is 0 Å². The summed E-state index contributed by atoms with van der Waals surface area (Å²) in [7, 11) is 0. The Balaban J connectivity index is 1.20. The van der Waals surface area contributed by atoms with Gasteiger partial charge in [0, 0.05) is 36.3 Å². The summed E-state index contributed by atoms with van der Waals surface area (Å²) in [5, 5.41) is 13.5. The molecule has 0 aromatic heterocycles. The molecule has 4 rings (SSSR count). The predicted molar refractivity (Wildman–Crippen MR) is 121 cm³/mol. The molecular formula is C24H26ClF4N3O3. The van der Waals surface area contributed by atoms with Gasteiger partial charge in [0.25, 0.3) is 5.91 Å². The van der Waals surface area contributed by atoms with Crippen LogP contribution in [0.4, 0.5) is 17.6 Å². The van der Waals surface area contributed by atoms with E-state index in [1.165, 1.54) is 30.3 Å². The van der Waals surface area contributed by atoms with Crippen LogP contribution >= 0.6 is 11.6 Å². The van der Waals surface area contributed by atoms with E-state index in [0.29, 0.717) is 31.1 Å². The molecule has 2 aromatic carbocycles. The number of nitrogens with one attached hydrogen (secondary N) is 1. The summed E-state index contributed by atoms with van der Waals surface area (Å²) in [5.41, 5.74) is 0.537. The molecule has 2 aliphatic rings. The lowest BCUT2D eigenvalue weighted by Gasteiger charge is -2.47. The monoisotopic (exact) mass is 515 g/mol. The normalized spacial score (nSPS) is 18.9. The average molecular weight is 516 g/mol. The topological polar surface area (TPSA) is 65.0 Å². The van der Waals surface area contributed by atoms with Crippen LogP contribution < -0.4 is 10.1 Å². The molecule has 0 spiro atoms. The fraction of sp³-hybridized carbons (Fsp3) is 0.458. The Morgan fingerprint density at radius 2 is 1.89 bits per heavy atom. The molecule has 2 aromatic rings. The standard InChI is InChI=1S/C24H26ClF4N3O3/c25-18-8-17(9-19(26)11-18)22(33)30-12-15-4-6-31(7-5-15)20-13-32(14-20)23(34)16-2-1-3-21(10-16)35-24(27,28)29/h1-3,8-11,15,20,22,30,33H,4-7,12-14H2. The first kappa shape index (κ1) is 25.7. The molecule has 0 radical (unpaired) electrons. The minimum atomic E-state index is -4.81. The number of piperidine rings is 1. The molecule has 11 heteroatoms. The zero-order chi connectivity index (χ0) is 25.2. The van der Waals surface area contributed by atoms with E-state index in [2.05, 4.69) is 15.0 Å². The van der Waals surface area contributed by atoms with Crippen molar-refractivity contribution in [3.63, 3.8) is 0 Å². The van der Waals surface area contributed by atoms with E-state index in [0.717, 1.165) is 38.1 Å². The number of benzene rings is 2. The van der Waals surface area contributed by atoms with E-state index in [1.54, 1.807) is 4.90 Å². The maximum atomic E-state index is 13.5. The number of hydrogen-bond donors (Lipinski definition) is 2. The maximum Gasteiger partial charge on any atom is 0.573 e. The van der Waals surface area contributed by atoms with Crippen molar-refractivity contribution in [2.75, 3.05) is 32.7 Å². The molecule has 35 heavy (non-hydrogen) atoms. The molecule has 2 heterocycles. The highest BCUT2D eigenvalue weighted by Gasteiger charge is 2.37. The number of aliphatic hydroxyl groups is 1. The van der Waals surface area contributed by atoms with E-state index < -0.39 is 24.2 Å². The highest BCUT2D eigenvalue weighted by molar-refractivity contribution is 6.30. The second kappa shape index (κ2) is 10.7. The molecule has 1 amide bonds. The van der Waals surface area contributed by atoms with Crippen LogP contribution in [0.2, 0.25) is 5.02 Å². The van der Waals surface area contributed by atoms with Crippen molar-refractivity contribution in [3.05, 3.63) is 64.4 Å². The maximum absolute atomic E-state index is 13.5. The van der Waals surface area contributed by atoms with E-state index >= 15 is 0 Å². The number of ether oxygens (including phenoxy) is 1. The first-order chi connectivity index (χ1) is 16.6. The van der Waals surface area contributed by atoms with Gasteiger partial charge in [-0.1, -0.05) is 17.7 Å². The third-order valence-electron chi connectivity index (χ3n) is 6.43. The van der Waals surface area contributed by atoms with Gasteiger partial charge in [0.1, 0.15) is 17.8 Å². The first-order valence-corrected chi connectivity index (χ1v) is 11.7.